The molecule has 0 aliphatic carbocycles. The van der Waals surface area contributed by atoms with Crippen molar-refractivity contribution in [1.82, 2.24) is 40.4 Å². The molecule has 0 spiro atoms. The van der Waals surface area contributed by atoms with Gasteiger partial charge in [-0.2, -0.15) is 0 Å². The van der Waals surface area contributed by atoms with Crippen molar-refractivity contribution in [3.05, 3.63) is 95.6 Å². The van der Waals surface area contributed by atoms with E-state index < -0.39 is 23.9 Å². The minimum Gasteiger partial charge on any atom is -0.481 e. The zero-order valence-corrected chi connectivity index (χ0v) is 42.8. The molecule has 22 nitrogen and oxygen atoms in total. The normalized spacial score (nSPS) is 17.6. The highest BCUT2D eigenvalue weighted by molar-refractivity contribution is 5.87. The predicted octanol–water partition coefficient (Wildman–Crippen LogP) is 3.93. The first-order valence-corrected chi connectivity index (χ1v) is 25.5. The fourth-order valence-electron chi connectivity index (χ4n) is 8.91. The topological polar surface area (TPSA) is 366 Å². The van der Waals surface area contributed by atoms with Crippen molar-refractivity contribution in [2.45, 2.75) is 116 Å². The van der Waals surface area contributed by atoms with Crippen LogP contribution >= 0.6 is 0 Å². The molecule has 0 radical (unpaired) electrons. The Morgan fingerprint density at radius 3 is 1.40 bits per heavy atom. The Hall–Kier alpha value is -7.91. The van der Waals surface area contributed by atoms with E-state index in [9.17, 15) is 33.6 Å². The molecule has 3 saturated heterocycles. The number of hydrogen-bond donors (Lipinski definition) is 9. The van der Waals surface area contributed by atoms with Gasteiger partial charge in [-0.05, 0) is 145 Å². The Morgan fingerprint density at radius 2 is 1.00 bits per heavy atom. The maximum absolute atomic E-state index is 12.6. The number of aromatic nitrogens is 4. The second-order valence-corrected chi connectivity index (χ2v) is 18.9. The number of carbonyl (C=O) groups excluding carboxylic acids is 4. The van der Waals surface area contributed by atoms with Gasteiger partial charge in [-0.3, -0.25) is 33.6 Å². The first kappa shape index (κ1) is 59.7. The highest BCUT2D eigenvalue weighted by Gasteiger charge is 2.31. The smallest absolute Gasteiger partial charge is 0.323 e. The van der Waals surface area contributed by atoms with E-state index in [1.54, 1.807) is 36.1 Å². The summed E-state index contributed by atoms with van der Waals surface area (Å²) in [5.74, 6) is -1.04. The van der Waals surface area contributed by atoms with Crippen molar-refractivity contribution in [2.75, 3.05) is 55.7 Å². The number of carbonyl (C=O) groups is 7. The van der Waals surface area contributed by atoms with Gasteiger partial charge in [-0.1, -0.05) is 24.3 Å². The molecule has 0 aromatic carbocycles. The zero-order chi connectivity index (χ0) is 54.7. The molecule has 4 amide bonds. The minimum atomic E-state index is -0.970. The van der Waals surface area contributed by atoms with Gasteiger partial charge < -0.3 is 58.7 Å². The minimum absolute atomic E-state index is 0.0267. The van der Waals surface area contributed by atoms with Crippen LogP contribution in [0.15, 0.2) is 72.8 Å². The summed E-state index contributed by atoms with van der Waals surface area (Å²) in [4.78, 5) is 99.7. The summed E-state index contributed by atoms with van der Waals surface area (Å²) in [5.41, 5.74) is 25.9. The number of aryl methyl sites for hydroxylation is 4. The molecule has 1 unspecified atom stereocenters. The first-order valence-electron chi connectivity index (χ1n) is 25.5. The third-order valence-electron chi connectivity index (χ3n) is 12.6. The summed E-state index contributed by atoms with van der Waals surface area (Å²) < 4.78 is 0. The first-order chi connectivity index (χ1) is 35.8. The lowest BCUT2D eigenvalue weighted by Crippen LogP contribution is -2.48. The van der Waals surface area contributed by atoms with Gasteiger partial charge in [0.25, 0.3) is 0 Å². The van der Waals surface area contributed by atoms with E-state index in [2.05, 4.69) is 30.6 Å². The molecule has 75 heavy (non-hydrogen) atoms. The maximum atomic E-state index is 12.6. The van der Waals surface area contributed by atoms with Crippen LogP contribution in [0.3, 0.4) is 0 Å². The second-order valence-electron chi connectivity index (χ2n) is 18.9. The molecule has 4 aromatic heterocycles. The summed E-state index contributed by atoms with van der Waals surface area (Å²) in [6, 6.07) is 21.4. The molecule has 4 atom stereocenters. The largest absolute Gasteiger partial charge is 0.481 e. The van der Waals surface area contributed by atoms with Crippen LogP contribution in [0, 0.1) is 17.8 Å². The van der Waals surface area contributed by atoms with Gasteiger partial charge in [0.05, 0.1) is 13.0 Å². The van der Waals surface area contributed by atoms with E-state index in [-0.39, 0.29) is 67.3 Å². The molecule has 7 heterocycles. The number of likely N-dealkylation sites (tertiary alicyclic amines) is 2. The molecule has 13 N–H and O–H groups in total. The van der Waals surface area contributed by atoms with Crippen molar-refractivity contribution in [3.63, 3.8) is 0 Å². The van der Waals surface area contributed by atoms with Crippen LogP contribution in [0.2, 0.25) is 0 Å². The summed E-state index contributed by atoms with van der Waals surface area (Å²) in [5, 5.41) is 31.4. The number of amides is 4. The molecule has 0 saturated carbocycles. The van der Waals surface area contributed by atoms with Gasteiger partial charge in [0.15, 0.2) is 0 Å². The molecule has 3 aliphatic heterocycles. The van der Waals surface area contributed by atoms with Crippen molar-refractivity contribution in [1.29, 1.82) is 0 Å². The Balaban J connectivity index is 0.000000223. The van der Waals surface area contributed by atoms with Gasteiger partial charge in [0.2, 0.25) is 23.6 Å². The van der Waals surface area contributed by atoms with Crippen LogP contribution in [-0.4, -0.2) is 125 Å². The standard InChI is InChI=1S/C18H26N4O4.C14H19N3O3.C12H17N3O.C9H12N2O2/c1-12(10-17(24)25)20-16(23)11-22-9-3-4-13(18(22)26)7-8-14-5-2-6-15(19)21-14;15-12-5-1-4-11(16-12)7-6-10-3-2-8-17(14(10)20)9-13(18)19;13-11-5-1-4-10(15-11)7-6-9-3-2-8-14-12(9)16;10-8-5-1-3-7(11-8)4-2-6-9(12)13/h2,5-6,12-13H,3-4,7-11H2,1H3,(H2,19,21)(H,20,23)(H,24,25);1,4-5,10H,2-3,6-9H2,(H2,15,16)(H,18,19);1,4-5,9H,2-3,6-8H2,(H2,13,15)(H,14,16);1,3,5H,2,4,6H2,(H2,10,11)(H,12,13)/t12?,13-;10-;9-;/m000./s1. The second kappa shape index (κ2) is 31.6. The molecule has 3 fully saturated rings. The van der Waals surface area contributed by atoms with Crippen LogP contribution in [0.5, 0.6) is 0 Å². The number of carboxylic acids is 3. The van der Waals surface area contributed by atoms with Crippen LogP contribution in [0.25, 0.3) is 0 Å². The molecular formula is C53H74N12O10. The number of nitrogen functional groups attached to an aromatic ring is 4. The lowest BCUT2D eigenvalue weighted by molar-refractivity contribution is -0.148. The number of anilines is 4. The summed E-state index contributed by atoms with van der Waals surface area (Å²) in [6.45, 7) is 3.31. The van der Waals surface area contributed by atoms with Gasteiger partial charge in [-0.25, -0.2) is 19.9 Å². The van der Waals surface area contributed by atoms with Gasteiger partial charge in [0, 0.05) is 72.6 Å². The lowest BCUT2D eigenvalue weighted by atomic mass is 9.91. The number of aliphatic carboxylic acids is 3. The Morgan fingerprint density at radius 1 is 0.587 bits per heavy atom. The molecule has 406 valence electrons. The molecule has 4 aromatic rings. The number of pyridine rings is 4. The van der Waals surface area contributed by atoms with Crippen molar-refractivity contribution >= 4 is 64.8 Å². The monoisotopic (exact) mass is 1040 g/mol. The van der Waals surface area contributed by atoms with Gasteiger partial charge in [0.1, 0.15) is 29.8 Å². The zero-order valence-electron chi connectivity index (χ0n) is 42.8. The number of carboxylic acid groups (broad SMARTS) is 3. The number of hydrogen-bond acceptors (Lipinski definition) is 15. The van der Waals surface area contributed by atoms with E-state index in [4.69, 9.17) is 38.3 Å². The molecule has 0 bridgehead atoms. The van der Waals surface area contributed by atoms with Crippen molar-refractivity contribution < 1.29 is 48.9 Å². The third-order valence-corrected chi connectivity index (χ3v) is 12.6. The van der Waals surface area contributed by atoms with Crippen molar-refractivity contribution in [3.8, 4) is 0 Å². The summed E-state index contributed by atoms with van der Waals surface area (Å²) >= 11 is 0. The summed E-state index contributed by atoms with van der Waals surface area (Å²) in [6.07, 6.45) is 11.1. The summed E-state index contributed by atoms with van der Waals surface area (Å²) in [7, 11) is 0. The van der Waals surface area contributed by atoms with E-state index >= 15 is 0 Å². The number of nitrogens with one attached hydrogen (secondary N) is 2. The average molecular weight is 1040 g/mol. The Kier molecular flexibility index (Phi) is 25.2. The lowest BCUT2D eigenvalue weighted by Gasteiger charge is -2.32. The number of piperidine rings is 3. The molecular weight excluding hydrogens is 965 g/mol. The van der Waals surface area contributed by atoms with Gasteiger partial charge >= 0.3 is 17.9 Å². The number of nitrogens with zero attached hydrogens (tertiary/aromatic N) is 6. The van der Waals surface area contributed by atoms with E-state index in [1.807, 2.05) is 48.5 Å². The van der Waals surface area contributed by atoms with Gasteiger partial charge in [-0.15, -0.1) is 0 Å². The van der Waals surface area contributed by atoms with Crippen molar-refractivity contribution in [2.24, 2.45) is 17.8 Å². The van der Waals surface area contributed by atoms with E-state index in [1.165, 1.54) is 4.90 Å². The quantitative estimate of drug-likeness (QED) is 0.0605. The van der Waals surface area contributed by atoms with Crippen LogP contribution in [-0.2, 0) is 59.2 Å². The van der Waals surface area contributed by atoms with E-state index in [0.29, 0.717) is 74.9 Å². The molecule has 3 aliphatic rings. The average Bonchev–Trinajstić information content (AvgIpc) is 3.34. The Labute approximate surface area is 437 Å². The highest BCUT2D eigenvalue weighted by Crippen LogP contribution is 2.24. The SMILES string of the molecule is CC(CC(=O)O)NC(=O)CN1CCC[C@@H](CCc2cccc(N)n2)C1=O.Nc1cccc(CCCC(=O)O)n1.Nc1cccc(CC[C@@H]2CCCN(CC(=O)O)C2=O)n1.Nc1cccc(CC[C@@H]2CCCNC2=O)n1. The molecule has 22 heteroatoms. The fourth-order valence-corrected chi connectivity index (χ4v) is 8.91. The fraction of sp³-hybridized carbons (Fsp3) is 0.491. The Bertz CT molecular complexity index is 2510. The molecule has 7 rings (SSSR count). The number of rotatable bonds is 20. The van der Waals surface area contributed by atoms with Crippen LogP contribution in [0.1, 0.15) is 107 Å². The number of nitrogens with two attached hydrogens (primary N) is 4. The van der Waals surface area contributed by atoms with E-state index in [0.717, 1.165) is 80.7 Å². The van der Waals surface area contributed by atoms with Crippen LogP contribution < -0.4 is 33.6 Å². The predicted molar refractivity (Wildman–Crippen MR) is 282 cm³/mol. The maximum Gasteiger partial charge on any atom is 0.323 e. The third kappa shape index (κ3) is 23.2. The van der Waals surface area contributed by atoms with Crippen LogP contribution in [0.4, 0.5) is 23.3 Å². The highest BCUT2D eigenvalue weighted by atomic mass is 16.4.